The van der Waals surface area contributed by atoms with Gasteiger partial charge in [0.2, 0.25) is 12.3 Å². The van der Waals surface area contributed by atoms with Crippen LogP contribution in [0.2, 0.25) is 0 Å². The van der Waals surface area contributed by atoms with Crippen LogP contribution in [0.25, 0.3) is 0 Å². The molecule has 0 spiro atoms. The Morgan fingerprint density at radius 1 is 1.26 bits per heavy atom. The average molecular weight is 269 g/mol. The van der Waals surface area contributed by atoms with Crippen LogP contribution in [0.5, 0.6) is 0 Å². The van der Waals surface area contributed by atoms with Crippen molar-refractivity contribution < 1.29 is 14.3 Å². The third-order valence-corrected chi connectivity index (χ3v) is 3.81. The first kappa shape index (κ1) is 14.3. The van der Waals surface area contributed by atoms with Crippen molar-refractivity contribution in [1.29, 1.82) is 0 Å². The van der Waals surface area contributed by atoms with Gasteiger partial charge < -0.3 is 15.0 Å². The Balaban J connectivity index is 1.69. The minimum atomic E-state index is -0.268. The molecule has 2 heterocycles. The SMILES string of the molecule is O=CN1CCCCC1C(=O)NCCN1CCOCC1. The van der Waals surface area contributed by atoms with Crippen LogP contribution in [0.15, 0.2) is 0 Å². The molecule has 2 aliphatic rings. The Bertz CT molecular complexity index is 306. The number of amides is 2. The van der Waals surface area contributed by atoms with Gasteiger partial charge in [0.25, 0.3) is 0 Å². The minimum Gasteiger partial charge on any atom is -0.379 e. The fraction of sp³-hybridized carbons (Fsp3) is 0.846. The molecule has 2 amide bonds. The van der Waals surface area contributed by atoms with E-state index in [0.717, 1.165) is 58.5 Å². The standard InChI is InChI=1S/C13H23N3O3/c17-11-16-5-2-1-3-12(16)13(18)14-4-6-15-7-9-19-10-8-15/h11-12H,1-10H2,(H,14,18). The Kier molecular flexibility index (Phi) is 5.60. The Hall–Kier alpha value is -1.14. The number of nitrogens with zero attached hydrogens (tertiary/aromatic N) is 2. The average Bonchev–Trinajstić information content (AvgIpc) is 2.48. The van der Waals surface area contributed by atoms with Crippen LogP contribution in [-0.2, 0) is 14.3 Å². The van der Waals surface area contributed by atoms with Gasteiger partial charge in [-0.1, -0.05) is 0 Å². The fourth-order valence-corrected chi connectivity index (χ4v) is 2.64. The lowest BCUT2D eigenvalue weighted by Crippen LogP contribution is -2.50. The van der Waals surface area contributed by atoms with Crippen LogP contribution in [0.4, 0.5) is 0 Å². The molecule has 19 heavy (non-hydrogen) atoms. The second-order valence-corrected chi connectivity index (χ2v) is 5.10. The van der Waals surface area contributed by atoms with Gasteiger partial charge in [0.1, 0.15) is 6.04 Å². The molecular weight excluding hydrogens is 246 g/mol. The summed E-state index contributed by atoms with van der Waals surface area (Å²) in [5.41, 5.74) is 0. The predicted octanol–water partition coefficient (Wildman–Crippen LogP) is -0.554. The molecule has 0 aromatic heterocycles. The van der Waals surface area contributed by atoms with E-state index >= 15 is 0 Å². The third kappa shape index (κ3) is 4.18. The molecule has 2 saturated heterocycles. The summed E-state index contributed by atoms with van der Waals surface area (Å²) in [5.74, 6) is -0.0138. The monoisotopic (exact) mass is 269 g/mol. The van der Waals surface area contributed by atoms with E-state index < -0.39 is 0 Å². The fourth-order valence-electron chi connectivity index (χ4n) is 2.64. The smallest absolute Gasteiger partial charge is 0.242 e. The third-order valence-electron chi connectivity index (χ3n) is 3.81. The molecule has 0 bridgehead atoms. The van der Waals surface area contributed by atoms with E-state index in [1.807, 2.05) is 0 Å². The van der Waals surface area contributed by atoms with E-state index in [9.17, 15) is 9.59 Å². The van der Waals surface area contributed by atoms with Crippen LogP contribution in [0.1, 0.15) is 19.3 Å². The first-order valence-electron chi connectivity index (χ1n) is 7.10. The van der Waals surface area contributed by atoms with E-state index in [-0.39, 0.29) is 11.9 Å². The second-order valence-electron chi connectivity index (χ2n) is 5.10. The number of rotatable bonds is 5. The number of hydrogen-bond donors (Lipinski definition) is 1. The number of nitrogens with one attached hydrogen (secondary N) is 1. The lowest BCUT2D eigenvalue weighted by Gasteiger charge is -2.32. The maximum Gasteiger partial charge on any atom is 0.242 e. The van der Waals surface area contributed by atoms with Crippen LogP contribution in [0, 0.1) is 0 Å². The number of carbonyl (C=O) groups excluding carboxylic acids is 2. The first-order chi connectivity index (χ1) is 9.31. The number of ether oxygens (including phenoxy) is 1. The zero-order chi connectivity index (χ0) is 13.5. The summed E-state index contributed by atoms with van der Waals surface area (Å²) in [4.78, 5) is 26.9. The van der Waals surface area contributed by atoms with Crippen molar-refractivity contribution in [2.24, 2.45) is 0 Å². The second kappa shape index (κ2) is 7.45. The van der Waals surface area contributed by atoms with E-state index in [2.05, 4.69) is 10.2 Å². The highest BCUT2D eigenvalue weighted by molar-refractivity contribution is 5.83. The largest absolute Gasteiger partial charge is 0.379 e. The van der Waals surface area contributed by atoms with Gasteiger partial charge >= 0.3 is 0 Å². The lowest BCUT2D eigenvalue weighted by atomic mass is 10.0. The number of hydrogen-bond acceptors (Lipinski definition) is 4. The summed E-state index contributed by atoms with van der Waals surface area (Å²) < 4.78 is 5.28. The number of piperidine rings is 1. The van der Waals surface area contributed by atoms with Crippen molar-refractivity contribution in [2.45, 2.75) is 25.3 Å². The molecule has 0 radical (unpaired) electrons. The normalized spacial score (nSPS) is 25.1. The van der Waals surface area contributed by atoms with Crippen LogP contribution in [-0.4, -0.2) is 74.1 Å². The molecule has 6 heteroatoms. The zero-order valence-corrected chi connectivity index (χ0v) is 11.3. The van der Waals surface area contributed by atoms with E-state index in [1.54, 1.807) is 4.90 Å². The van der Waals surface area contributed by atoms with Crippen molar-refractivity contribution >= 4 is 12.3 Å². The Morgan fingerprint density at radius 2 is 2.05 bits per heavy atom. The topological polar surface area (TPSA) is 61.9 Å². The summed E-state index contributed by atoms with van der Waals surface area (Å²) in [5, 5.41) is 2.94. The van der Waals surface area contributed by atoms with Gasteiger partial charge in [-0.2, -0.15) is 0 Å². The molecule has 2 rings (SSSR count). The molecule has 1 N–H and O–H groups in total. The van der Waals surface area contributed by atoms with Gasteiger partial charge in [0.05, 0.1) is 13.2 Å². The first-order valence-corrected chi connectivity index (χ1v) is 7.10. The van der Waals surface area contributed by atoms with E-state index in [1.165, 1.54) is 0 Å². The van der Waals surface area contributed by atoms with Gasteiger partial charge in [-0.3, -0.25) is 14.5 Å². The van der Waals surface area contributed by atoms with Gasteiger partial charge in [-0.05, 0) is 19.3 Å². The maximum atomic E-state index is 12.1. The van der Waals surface area contributed by atoms with Crippen LogP contribution in [0.3, 0.4) is 0 Å². The maximum absolute atomic E-state index is 12.1. The Labute approximate surface area is 114 Å². The van der Waals surface area contributed by atoms with Gasteiger partial charge in [0.15, 0.2) is 0 Å². The molecule has 6 nitrogen and oxygen atoms in total. The number of likely N-dealkylation sites (tertiary alicyclic amines) is 1. The summed E-state index contributed by atoms with van der Waals surface area (Å²) >= 11 is 0. The molecule has 108 valence electrons. The molecule has 2 aliphatic heterocycles. The zero-order valence-electron chi connectivity index (χ0n) is 11.3. The van der Waals surface area contributed by atoms with Crippen LogP contribution < -0.4 is 5.32 Å². The molecule has 0 aromatic carbocycles. The van der Waals surface area contributed by atoms with E-state index in [4.69, 9.17) is 4.74 Å². The van der Waals surface area contributed by atoms with Gasteiger partial charge in [0, 0.05) is 32.7 Å². The van der Waals surface area contributed by atoms with Gasteiger partial charge in [-0.25, -0.2) is 0 Å². The van der Waals surface area contributed by atoms with Gasteiger partial charge in [-0.15, -0.1) is 0 Å². The lowest BCUT2D eigenvalue weighted by molar-refractivity contribution is -0.134. The van der Waals surface area contributed by atoms with Crippen molar-refractivity contribution in [2.75, 3.05) is 45.9 Å². The number of carbonyl (C=O) groups is 2. The van der Waals surface area contributed by atoms with Crippen LogP contribution >= 0.6 is 0 Å². The molecule has 0 aromatic rings. The summed E-state index contributed by atoms with van der Waals surface area (Å²) in [6.45, 7) is 5.60. The molecule has 2 fully saturated rings. The quantitative estimate of drug-likeness (QED) is 0.680. The molecule has 1 atom stereocenters. The molecule has 0 aliphatic carbocycles. The highest BCUT2D eigenvalue weighted by Crippen LogP contribution is 2.15. The highest BCUT2D eigenvalue weighted by atomic mass is 16.5. The van der Waals surface area contributed by atoms with Crippen molar-refractivity contribution in [3.8, 4) is 0 Å². The summed E-state index contributed by atoms with van der Waals surface area (Å²) in [6.07, 6.45) is 3.59. The van der Waals surface area contributed by atoms with Crippen molar-refractivity contribution in [1.82, 2.24) is 15.1 Å². The molecular formula is C13H23N3O3. The molecule has 1 unspecified atom stereocenters. The highest BCUT2D eigenvalue weighted by Gasteiger charge is 2.27. The van der Waals surface area contributed by atoms with E-state index in [0.29, 0.717) is 13.1 Å². The summed E-state index contributed by atoms with van der Waals surface area (Å²) in [7, 11) is 0. The predicted molar refractivity (Wildman–Crippen MR) is 70.7 cm³/mol. The van der Waals surface area contributed by atoms with Crippen molar-refractivity contribution in [3.63, 3.8) is 0 Å². The minimum absolute atomic E-state index is 0.0138. The summed E-state index contributed by atoms with van der Waals surface area (Å²) in [6, 6.07) is -0.268. The Morgan fingerprint density at radius 3 is 2.79 bits per heavy atom. The number of morpholine rings is 1. The van der Waals surface area contributed by atoms with Crippen molar-refractivity contribution in [3.05, 3.63) is 0 Å². The molecule has 0 saturated carbocycles.